The van der Waals surface area contributed by atoms with E-state index in [4.69, 9.17) is 15.9 Å². The van der Waals surface area contributed by atoms with Crippen LogP contribution in [-0.2, 0) is 6.54 Å². The van der Waals surface area contributed by atoms with Crippen molar-refractivity contribution in [2.24, 2.45) is 0 Å². The van der Waals surface area contributed by atoms with Gasteiger partial charge in [0.05, 0.1) is 13.2 Å². The first kappa shape index (κ1) is 16.4. The molecule has 1 aromatic carbocycles. The first-order valence-electron chi connectivity index (χ1n) is 6.70. The summed E-state index contributed by atoms with van der Waals surface area (Å²) >= 11 is 0. The van der Waals surface area contributed by atoms with Crippen LogP contribution in [0.4, 0.5) is 0 Å². The molecule has 110 valence electrons. The Balaban J connectivity index is 2.79. The minimum atomic E-state index is -0.315. The molecule has 0 saturated carbocycles. The van der Waals surface area contributed by atoms with E-state index in [0.29, 0.717) is 24.7 Å². The van der Waals surface area contributed by atoms with Gasteiger partial charge in [-0.2, -0.15) is 0 Å². The van der Waals surface area contributed by atoms with E-state index in [-0.39, 0.29) is 18.8 Å². The zero-order valence-electron chi connectivity index (χ0n) is 12.4. The Morgan fingerprint density at radius 2 is 2.05 bits per heavy atom. The Morgan fingerprint density at radius 1 is 1.30 bits per heavy atom. The molecule has 20 heavy (non-hydrogen) atoms. The summed E-state index contributed by atoms with van der Waals surface area (Å²) in [6, 6.07) is 5.73. The van der Waals surface area contributed by atoms with Crippen LogP contribution in [0.2, 0.25) is 0 Å². The van der Waals surface area contributed by atoms with E-state index in [1.807, 2.05) is 39.0 Å². The van der Waals surface area contributed by atoms with Crippen LogP contribution in [-0.4, -0.2) is 30.5 Å². The van der Waals surface area contributed by atoms with Gasteiger partial charge in [-0.05, 0) is 38.5 Å². The molecule has 4 nitrogen and oxygen atoms in total. The van der Waals surface area contributed by atoms with E-state index in [9.17, 15) is 5.11 Å². The van der Waals surface area contributed by atoms with E-state index in [2.05, 4.69) is 11.2 Å². The third-order valence-corrected chi connectivity index (χ3v) is 2.79. The summed E-state index contributed by atoms with van der Waals surface area (Å²) in [6.07, 6.45) is 5.19. The maximum atomic E-state index is 9.23. The fourth-order valence-corrected chi connectivity index (χ4v) is 1.57. The lowest BCUT2D eigenvalue weighted by Crippen LogP contribution is -2.42. The van der Waals surface area contributed by atoms with Gasteiger partial charge in [-0.3, -0.25) is 0 Å². The van der Waals surface area contributed by atoms with Gasteiger partial charge in [-0.25, -0.2) is 0 Å². The maximum Gasteiger partial charge on any atom is 0.162 e. The minimum Gasteiger partial charge on any atom is -0.490 e. The fourth-order valence-electron chi connectivity index (χ4n) is 1.57. The molecular formula is C16H23NO3. The molecule has 0 amide bonds. The third-order valence-electron chi connectivity index (χ3n) is 2.79. The molecule has 0 spiro atoms. The molecule has 1 aromatic rings. The summed E-state index contributed by atoms with van der Waals surface area (Å²) in [7, 11) is 0. The monoisotopic (exact) mass is 277 g/mol. The Kier molecular flexibility index (Phi) is 6.37. The topological polar surface area (TPSA) is 50.7 Å². The summed E-state index contributed by atoms with van der Waals surface area (Å²) in [5, 5.41) is 12.5. The number of ether oxygens (including phenoxy) is 2. The van der Waals surface area contributed by atoms with Gasteiger partial charge in [0.25, 0.3) is 0 Å². The Hall–Kier alpha value is -1.70. The van der Waals surface area contributed by atoms with Gasteiger partial charge >= 0.3 is 0 Å². The molecule has 0 unspecified atom stereocenters. The van der Waals surface area contributed by atoms with Gasteiger partial charge < -0.3 is 19.9 Å². The SMILES string of the molecule is C#CCOc1ccc(CNC(C)(C)CO)cc1OCC. The smallest absolute Gasteiger partial charge is 0.162 e. The summed E-state index contributed by atoms with van der Waals surface area (Å²) in [5.74, 6) is 3.77. The predicted molar refractivity (Wildman–Crippen MR) is 79.9 cm³/mol. The number of nitrogens with one attached hydrogen (secondary N) is 1. The largest absolute Gasteiger partial charge is 0.490 e. The van der Waals surface area contributed by atoms with Crippen LogP contribution in [0.5, 0.6) is 11.5 Å². The lowest BCUT2D eigenvalue weighted by molar-refractivity contribution is 0.187. The number of aliphatic hydroxyl groups excluding tert-OH is 1. The molecule has 0 heterocycles. The number of rotatable bonds is 8. The van der Waals surface area contributed by atoms with Crippen LogP contribution in [0, 0.1) is 12.3 Å². The summed E-state index contributed by atoms with van der Waals surface area (Å²) in [5.41, 5.74) is 0.743. The molecule has 0 aliphatic heterocycles. The average Bonchev–Trinajstić information content (AvgIpc) is 2.44. The minimum absolute atomic E-state index is 0.0781. The molecule has 0 saturated heterocycles. The van der Waals surface area contributed by atoms with Crippen molar-refractivity contribution in [2.45, 2.75) is 32.9 Å². The van der Waals surface area contributed by atoms with Gasteiger partial charge in [0.1, 0.15) is 6.61 Å². The zero-order chi connectivity index (χ0) is 15.0. The second-order valence-electron chi connectivity index (χ2n) is 5.10. The van der Waals surface area contributed by atoms with Gasteiger partial charge in [0, 0.05) is 12.1 Å². The predicted octanol–water partition coefficient (Wildman–Crippen LogP) is 1.96. The highest BCUT2D eigenvalue weighted by Crippen LogP contribution is 2.28. The lowest BCUT2D eigenvalue weighted by atomic mass is 10.1. The molecular weight excluding hydrogens is 254 g/mol. The third kappa shape index (κ3) is 5.12. The van der Waals surface area contributed by atoms with Gasteiger partial charge in [0.2, 0.25) is 0 Å². The second kappa shape index (κ2) is 7.78. The summed E-state index contributed by atoms with van der Waals surface area (Å²) in [6.45, 7) is 7.31. The first-order chi connectivity index (χ1) is 9.52. The van der Waals surface area contributed by atoms with Crippen LogP contribution in [0.3, 0.4) is 0 Å². The Morgan fingerprint density at radius 3 is 2.65 bits per heavy atom. The van der Waals surface area contributed by atoms with Gasteiger partial charge in [-0.1, -0.05) is 12.0 Å². The maximum absolute atomic E-state index is 9.23. The highest BCUT2D eigenvalue weighted by molar-refractivity contribution is 5.43. The fraction of sp³-hybridized carbons (Fsp3) is 0.500. The van der Waals surface area contributed by atoms with Gasteiger partial charge in [0.15, 0.2) is 11.5 Å². The standard InChI is InChI=1S/C16H23NO3/c1-5-9-20-14-8-7-13(10-15(14)19-6-2)11-17-16(3,4)12-18/h1,7-8,10,17-18H,6,9,11-12H2,2-4H3. The molecule has 0 aliphatic rings. The van der Waals surface area contributed by atoms with Crippen LogP contribution >= 0.6 is 0 Å². The zero-order valence-corrected chi connectivity index (χ0v) is 12.4. The number of hydrogen-bond donors (Lipinski definition) is 2. The highest BCUT2D eigenvalue weighted by Gasteiger charge is 2.15. The Bertz CT molecular complexity index is 463. The van der Waals surface area contributed by atoms with E-state index in [1.54, 1.807) is 0 Å². The van der Waals surface area contributed by atoms with Crippen molar-refractivity contribution in [2.75, 3.05) is 19.8 Å². The molecule has 0 radical (unpaired) electrons. The normalized spacial score (nSPS) is 10.9. The van der Waals surface area contributed by atoms with Crippen molar-refractivity contribution in [1.82, 2.24) is 5.32 Å². The van der Waals surface area contributed by atoms with Crippen LogP contribution < -0.4 is 14.8 Å². The van der Waals surface area contributed by atoms with Crippen LogP contribution in [0.25, 0.3) is 0 Å². The lowest BCUT2D eigenvalue weighted by Gasteiger charge is -2.23. The van der Waals surface area contributed by atoms with Crippen LogP contribution in [0.1, 0.15) is 26.3 Å². The molecule has 0 aromatic heterocycles. The van der Waals surface area contributed by atoms with Crippen molar-refractivity contribution in [3.8, 4) is 23.8 Å². The number of aliphatic hydroxyl groups is 1. The molecule has 2 N–H and O–H groups in total. The molecule has 0 bridgehead atoms. The van der Waals surface area contributed by atoms with Crippen LogP contribution in [0.15, 0.2) is 18.2 Å². The number of benzene rings is 1. The molecule has 0 aliphatic carbocycles. The number of hydrogen-bond acceptors (Lipinski definition) is 4. The van der Waals surface area contributed by atoms with E-state index in [1.165, 1.54) is 0 Å². The van der Waals surface area contributed by atoms with Crippen molar-refractivity contribution in [1.29, 1.82) is 0 Å². The second-order valence-corrected chi connectivity index (χ2v) is 5.10. The molecule has 0 atom stereocenters. The van der Waals surface area contributed by atoms with Crippen molar-refractivity contribution < 1.29 is 14.6 Å². The summed E-state index contributed by atoms with van der Waals surface area (Å²) < 4.78 is 11.0. The van der Waals surface area contributed by atoms with Crippen molar-refractivity contribution in [3.05, 3.63) is 23.8 Å². The average molecular weight is 277 g/mol. The number of terminal acetylenes is 1. The van der Waals surface area contributed by atoms with Crippen molar-refractivity contribution in [3.63, 3.8) is 0 Å². The van der Waals surface area contributed by atoms with E-state index >= 15 is 0 Å². The van der Waals surface area contributed by atoms with E-state index < -0.39 is 0 Å². The Labute approximate surface area is 121 Å². The highest BCUT2D eigenvalue weighted by atomic mass is 16.5. The summed E-state index contributed by atoms with van der Waals surface area (Å²) in [4.78, 5) is 0. The quantitative estimate of drug-likeness (QED) is 0.713. The van der Waals surface area contributed by atoms with Gasteiger partial charge in [-0.15, -0.1) is 6.42 Å². The van der Waals surface area contributed by atoms with Crippen molar-refractivity contribution >= 4 is 0 Å². The molecule has 0 fully saturated rings. The first-order valence-corrected chi connectivity index (χ1v) is 6.70. The molecule has 4 heteroatoms. The van der Waals surface area contributed by atoms with E-state index in [0.717, 1.165) is 5.56 Å². The molecule has 1 rings (SSSR count).